The second kappa shape index (κ2) is 7.00. The molecule has 1 N–H and O–H groups in total. The fourth-order valence-electron chi connectivity index (χ4n) is 3.17. The molecule has 4 heteroatoms. The molecule has 26 heavy (non-hydrogen) atoms. The molecule has 2 aromatic carbocycles. The van der Waals surface area contributed by atoms with Crippen LogP contribution >= 0.6 is 0 Å². The minimum Gasteiger partial charge on any atom is -0.472 e. The van der Waals surface area contributed by atoms with Crippen LogP contribution < -0.4 is 4.74 Å². The Bertz CT molecular complexity index is 1020. The molecular formula is C22H19FN2O. The number of nitrogens with one attached hydrogen (secondary N) is 1. The smallest absolute Gasteiger partial charge is 0.223 e. The fourth-order valence-corrected chi connectivity index (χ4v) is 3.17. The van der Waals surface area contributed by atoms with Crippen molar-refractivity contribution in [2.45, 2.75) is 20.0 Å². The summed E-state index contributed by atoms with van der Waals surface area (Å²) in [5.74, 6) is 0.350. The second-order valence-corrected chi connectivity index (χ2v) is 6.34. The molecule has 2 heterocycles. The first-order chi connectivity index (χ1) is 12.7. The highest BCUT2D eigenvalue weighted by Gasteiger charge is 2.15. The number of H-pyrrole nitrogens is 1. The van der Waals surface area contributed by atoms with Crippen molar-refractivity contribution in [3.05, 3.63) is 95.1 Å². The highest BCUT2D eigenvalue weighted by atomic mass is 19.1. The van der Waals surface area contributed by atoms with Gasteiger partial charge in [0.25, 0.3) is 0 Å². The summed E-state index contributed by atoms with van der Waals surface area (Å²) in [6.07, 6.45) is 2.55. The Morgan fingerprint density at radius 1 is 0.962 bits per heavy atom. The zero-order chi connectivity index (χ0) is 17.9. The van der Waals surface area contributed by atoms with Gasteiger partial charge in [-0.1, -0.05) is 42.5 Å². The van der Waals surface area contributed by atoms with E-state index in [9.17, 15) is 4.39 Å². The predicted molar refractivity (Wildman–Crippen MR) is 101 cm³/mol. The Morgan fingerprint density at radius 2 is 1.73 bits per heavy atom. The lowest BCUT2D eigenvalue weighted by atomic mass is 10.0. The predicted octanol–water partition coefficient (Wildman–Crippen LogP) is 5.18. The Kier molecular flexibility index (Phi) is 4.40. The summed E-state index contributed by atoms with van der Waals surface area (Å²) < 4.78 is 19.0. The SMILES string of the molecule is Cc1[nH]c2ccnc(OCc3ccc(F)cc3)c2c1Cc1ccccc1. The molecule has 4 rings (SSSR count). The van der Waals surface area contributed by atoms with Crippen LogP contribution in [0.2, 0.25) is 0 Å². The third kappa shape index (κ3) is 3.31. The van der Waals surface area contributed by atoms with Crippen molar-refractivity contribution in [3.8, 4) is 5.88 Å². The summed E-state index contributed by atoms with van der Waals surface area (Å²) in [7, 11) is 0. The molecule has 0 atom stereocenters. The number of rotatable bonds is 5. The summed E-state index contributed by atoms with van der Waals surface area (Å²) in [6.45, 7) is 2.42. The van der Waals surface area contributed by atoms with Crippen LogP contribution in [0.5, 0.6) is 5.88 Å². The number of halogens is 1. The molecule has 0 amide bonds. The maximum atomic E-state index is 13.1. The van der Waals surface area contributed by atoms with Crippen LogP contribution in [-0.2, 0) is 13.0 Å². The molecule has 0 saturated heterocycles. The largest absolute Gasteiger partial charge is 0.472 e. The average molecular weight is 346 g/mol. The van der Waals surface area contributed by atoms with E-state index in [0.717, 1.165) is 28.6 Å². The molecule has 0 aliphatic heterocycles. The van der Waals surface area contributed by atoms with Gasteiger partial charge < -0.3 is 9.72 Å². The molecule has 3 nitrogen and oxygen atoms in total. The summed E-state index contributed by atoms with van der Waals surface area (Å²) >= 11 is 0. The molecule has 0 spiro atoms. The molecular weight excluding hydrogens is 327 g/mol. The van der Waals surface area contributed by atoms with Gasteiger partial charge in [-0.2, -0.15) is 0 Å². The van der Waals surface area contributed by atoms with Crippen LogP contribution in [-0.4, -0.2) is 9.97 Å². The number of nitrogens with zero attached hydrogens (tertiary/aromatic N) is 1. The number of benzene rings is 2. The first-order valence-corrected chi connectivity index (χ1v) is 8.58. The molecule has 130 valence electrons. The first-order valence-electron chi connectivity index (χ1n) is 8.58. The molecule has 0 aliphatic carbocycles. The highest BCUT2D eigenvalue weighted by Crippen LogP contribution is 2.31. The maximum absolute atomic E-state index is 13.1. The normalized spacial score (nSPS) is 11.0. The minimum absolute atomic E-state index is 0.250. The average Bonchev–Trinajstić information content (AvgIpc) is 2.98. The Morgan fingerprint density at radius 3 is 2.50 bits per heavy atom. The molecule has 0 unspecified atom stereocenters. The number of hydrogen-bond donors (Lipinski definition) is 1. The summed E-state index contributed by atoms with van der Waals surface area (Å²) in [4.78, 5) is 7.86. The highest BCUT2D eigenvalue weighted by molar-refractivity contribution is 5.89. The number of pyridine rings is 1. The first kappa shape index (κ1) is 16.3. The number of fused-ring (bicyclic) bond motifs is 1. The van der Waals surface area contributed by atoms with E-state index >= 15 is 0 Å². The van der Waals surface area contributed by atoms with Gasteiger partial charge >= 0.3 is 0 Å². The Balaban J connectivity index is 1.67. The second-order valence-electron chi connectivity index (χ2n) is 6.34. The van der Waals surface area contributed by atoms with E-state index in [1.54, 1.807) is 18.3 Å². The van der Waals surface area contributed by atoms with Gasteiger partial charge in [0, 0.05) is 18.3 Å². The Labute approximate surface area is 151 Å². The van der Waals surface area contributed by atoms with Gasteiger partial charge in [0.1, 0.15) is 12.4 Å². The minimum atomic E-state index is -0.250. The lowest BCUT2D eigenvalue weighted by molar-refractivity contribution is 0.298. The van der Waals surface area contributed by atoms with Crippen molar-refractivity contribution in [2.24, 2.45) is 0 Å². The van der Waals surface area contributed by atoms with E-state index in [1.807, 2.05) is 24.3 Å². The molecule has 0 fully saturated rings. The number of aromatic amines is 1. The van der Waals surface area contributed by atoms with Crippen LogP contribution in [0.3, 0.4) is 0 Å². The number of aryl methyl sites for hydroxylation is 1. The third-order valence-electron chi connectivity index (χ3n) is 4.51. The van der Waals surface area contributed by atoms with Crippen molar-refractivity contribution in [3.63, 3.8) is 0 Å². The fraction of sp³-hybridized carbons (Fsp3) is 0.136. The van der Waals surface area contributed by atoms with E-state index in [2.05, 4.69) is 29.0 Å². The van der Waals surface area contributed by atoms with E-state index < -0.39 is 0 Å². The maximum Gasteiger partial charge on any atom is 0.223 e. The van der Waals surface area contributed by atoms with E-state index in [-0.39, 0.29) is 5.82 Å². The third-order valence-corrected chi connectivity index (χ3v) is 4.51. The number of hydrogen-bond acceptors (Lipinski definition) is 2. The molecule has 0 saturated carbocycles. The van der Waals surface area contributed by atoms with Gasteiger partial charge in [-0.05, 0) is 41.8 Å². The lowest BCUT2D eigenvalue weighted by Gasteiger charge is -2.09. The van der Waals surface area contributed by atoms with Gasteiger partial charge in [0.2, 0.25) is 5.88 Å². The van der Waals surface area contributed by atoms with Crippen molar-refractivity contribution in [1.29, 1.82) is 0 Å². The Hall–Kier alpha value is -3.14. The van der Waals surface area contributed by atoms with Crippen molar-refractivity contribution >= 4 is 10.9 Å². The molecule has 0 aliphatic rings. The van der Waals surface area contributed by atoms with Crippen LogP contribution in [0, 0.1) is 12.7 Å². The standard InChI is InChI=1S/C22H19FN2O/c1-15-19(13-16-5-3-2-4-6-16)21-20(25-15)11-12-24-22(21)26-14-17-7-9-18(23)10-8-17/h2-12,25H,13-14H2,1H3. The van der Waals surface area contributed by atoms with Crippen LogP contribution in [0.4, 0.5) is 4.39 Å². The van der Waals surface area contributed by atoms with Crippen molar-refractivity contribution < 1.29 is 9.13 Å². The van der Waals surface area contributed by atoms with Gasteiger partial charge in [-0.3, -0.25) is 0 Å². The van der Waals surface area contributed by atoms with E-state index in [0.29, 0.717) is 12.5 Å². The molecule has 0 radical (unpaired) electrons. The van der Waals surface area contributed by atoms with Crippen molar-refractivity contribution in [1.82, 2.24) is 9.97 Å². The summed E-state index contributed by atoms with van der Waals surface area (Å²) in [6, 6.07) is 18.6. The van der Waals surface area contributed by atoms with Crippen LogP contribution in [0.25, 0.3) is 10.9 Å². The molecule has 4 aromatic rings. The summed E-state index contributed by atoms with van der Waals surface area (Å²) in [5.41, 5.74) is 5.46. The van der Waals surface area contributed by atoms with E-state index in [4.69, 9.17) is 4.74 Å². The summed E-state index contributed by atoms with van der Waals surface area (Å²) in [5, 5.41) is 1.01. The van der Waals surface area contributed by atoms with Crippen LogP contribution in [0.1, 0.15) is 22.4 Å². The van der Waals surface area contributed by atoms with Gasteiger partial charge in [0.05, 0.1) is 10.9 Å². The quantitative estimate of drug-likeness (QED) is 0.541. The van der Waals surface area contributed by atoms with Gasteiger partial charge in [0.15, 0.2) is 0 Å². The van der Waals surface area contributed by atoms with E-state index in [1.165, 1.54) is 23.3 Å². The van der Waals surface area contributed by atoms with Crippen LogP contribution in [0.15, 0.2) is 66.9 Å². The van der Waals surface area contributed by atoms with Gasteiger partial charge in [-0.25, -0.2) is 9.37 Å². The zero-order valence-electron chi connectivity index (χ0n) is 14.5. The topological polar surface area (TPSA) is 37.9 Å². The molecule has 0 bridgehead atoms. The number of aromatic nitrogens is 2. The van der Waals surface area contributed by atoms with Gasteiger partial charge in [-0.15, -0.1) is 0 Å². The lowest BCUT2D eigenvalue weighted by Crippen LogP contribution is -1.99. The van der Waals surface area contributed by atoms with Crippen molar-refractivity contribution in [2.75, 3.05) is 0 Å². The zero-order valence-corrected chi connectivity index (χ0v) is 14.5. The number of ether oxygens (including phenoxy) is 1. The monoisotopic (exact) mass is 346 g/mol. The molecule has 2 aromatic heterocycles.